The molecule has 0 radical (unpaired) electrons. The van der Waals surface area contributed by atoms with Crippen molar-refractivity contribution < 1.29 is 14.3 Å². The average Bonchev–Trinajstić information content (AvgIpc) is 2.85. The largest absolute Gasteiger partial charge is 0.490 e. The number of rotatable bonds is 6. The Morgan fingerprint density at radius 3 is 2.35 bits per heavy atom. The highest BCUT2D eigenvalue weighted by molar-refractivity contribution is 5.94. The van der Waals surface area contributed by atoms with Crippen LogP contribution in [0.15, 0.2) is 47.3 Å². The molecule has 0 atom stereocenters. The summed E-state index contributed by atoms with van der Waals surface area (Å²) in [5.74, 6) is 0.825. The van der Waals surface area contributed by atoms with Gasteiger partial charge in [0, 0.05) is 19.8 Å². The molecule has 7 nitrogen and oxygen atoms in total. The molecule has 0 fully saturated rings. The van der Waals surface area contributed by atoms with E-state index < -0.39 is 0 Å². The predicted molar refractivity (Wildman–Crippen MR) is 99.9 cm³/mol. The third kappa shape index (κ3) is 3.42. The summed E-state index contributed by atoms with van der Waals surface area (Å²) in [7, 11) is 3.41. The van der Waals surface area contributed by atoms with E-state index in [2.05, 4.69) is 5.32 Å². The highest BCUT2D eigenvalue weighted by Gasteiger charge is 2.11. The number of para-hydroxylation sites is 2. The van der Waals surface area contributed by atoms with Crippen molar-refractivity contribution in [2.24, 2.45) is 14.1 Å². The summed E-state index contributed by atoms with van der Waals surface area (Å²) < 4.78 is 14.1. The number of fused-ring (bicyclic) bond motifs is 1. The summed E-state index contributed by atoms with van der Waals surface area (Å²) in [6.07, 6.45) is 0. The van der Waals surface area contributed by atoms with E-state index in [9.17, 15) is 9.59 Å². The number of nitrogens with one attached hydrogen (secondary N) is 1. The lowest BCUT2D eigenvalue weighted by Gasteiger charge is -2.11. The van der Waals surface area contributed by atoms with Crippen molar-refractivity contribution in [1.29, 1.82) is 0 Å². The van der Waals surface area contributed by atoms with Crippen LogP contribution in [0.3, 0.4) is 0 Å². The Hall–Kier alpha value is -3.22. The molecule has 0 saturated heterocycles. The summed E-state index contributed by atoms with van der Waals surface area (Å²) in [5.41, 5.74) is 2.04. The lowest BCUT2D eigenvalue weighted by molar-refractivity contribution is -0.118. The minimum absolute atomic E-state index is 0.112. The predicted octanol–water partition coefficient (Wildman–Crippen LogP) is 2.29. The Labute approximate surface area is 150 Å². The molecule has 26 heavy (non-hydrogen) atoms. The normalized spacial score (nSPS) is 10.7. The van der Waals surface area contributed by atoms with E-state index >= 15 is 0 Å². The zero-order chi connectivity index (χ0) is 18.7. The van der Waals surface area contributed by atoms with Gasteiger partial charge >= 0.3 is 5.69 Å². The second-order valence-electron chi connectivity index (χ2n) is 5.82. The van der Waals surface area contributed by atoms with Crippen molar-refractivity contribution >= 4 is 22.6 Å². The van der Waals surface area contributed by atoms with Crippen LogP contribution in [0.5, 0.6) is 11.5 Å². The molecular formula is C19H21N3O4. The molecule has 2 aromatic carbocycles. The standard InChI is InChI=1S/C19H21N3O4/c1-4-25-16-7-5-6-8-17(16)26-12-18(23)20-13-9-10-14-15(11-13)22(3)19(24)21(14)2/h5-11H,4,12H2,1-3H3,(H,20,23). The molecule has 0 saturated carbocycles. The number of benzene rings is 2. The van der Waals surface area contributed by atoms with E-state index in [1.807, 2.05) is 19.1 Å². The summed E-state index contributed by atoms with van der Waals surface area (Å²) >= 11 is 0. The Morgan fingerprint density at radius 2 is 1.65 bits per heavy atom. The third-order valence-electron chi connectivity index (χ3n) is 4.06. The number of aromatic nitrogens is 2. The zero-order valence-electron chi connectivity index (χ0n) is 15.0. The Balaban J connectivity index is 1.70. The molecule has 0 bridgehead atoms. The van der Waals surface area contributed by atoms with Gasteiger partial charge in [0.1, 0.15) is 0 Å². The summed E-state index contributed by atoms with van der Waals surface area (Å²) in [6.45, 7) is 2.26. The molecule has 0 unspecified atom stereocenters. The minimum Gasteiger partial charge on any atom is -0.490 e. The van der Waals surface area contributed by atoms with Crippen LogP contribution in [0.25, 0.3) is 11.0 Å². The number of nitrogens with zero attached hydrogens (tertiary/aromatic N) is 2. The number of hydrogen-bond acceptors (Lipinski definition) is 4. The highest BCUT2D eigenvalue weighted by atomic mass is 16.5. The molecule has 1 heterocycles. The van der Waals surface area contributed by atoms with Gasteiger partial charge in [0.05, 0.1) is 17.6 Å². The molecule has 7 heteroatoms. The number of carbonyl (C=O) groups is 1. The van der Waals surface area contributed by atoms with Crippen molar-refractivity contribution in [2.75, 3.05) is 18.5 Å². The molecule has 1 N–H and O–H groups in total. The van der Waals surface area contributed by atoms with Gasteiger partial charge in [-0.25, -0.2) is 4.79 Å². The summed E-state index contributed by atoms with van der Waals surface area (Å²) in [6, 6.07) is 12.5. The van der Waals surface area contributed by atoms with Crippen molar-refractivity contribution in [3.05, 3.63) is 52.9 Å². The van der Waals surface area contributed by atoms with Crippen LogP contribution in [0.1, 0.15) is 6.92 Å². The first kappa shape index (κ1) is 17.6. The Kier molecular flexibility index (Phi) is 4.97. The lowest BCUT2D eigenvalue weighted by Crippen LogP contribution is -2.20. The first-order valence-corrected chi connectivity index (χ1v) is 8.31. The maximum Gasteiger partial charge on any atom is 0.328 e. The van der Waals surface area contributed by atoms with Gasteiger partial charge in [-0.1, -0.05) is 12.1 Å². The average molecular weight is 355 g/mol. The molecule has 3 rings (SSSR count). The maximum atomic E-state index is 12.2. The number of ether oxygens (including phenoxy) is 2. The van der Waals surface area contributed by atoms with Crippen molar-refractivity contribution in [1.82, 2.24) is 9.13 Å². The van der Waals surface area contributed by atoms with Gasteiger partial charge in [-0.2, -0.15) is 0 Å². The third-order valence-corrected chi connectivity index (χ3v) is 4.06. The molecular weight excluding hydrogens is 334 g/mol. The monoisotopic (exact) mass is 355 g/mol. The molecule has 1 aromatic heterocycles. The molecule has 1 amide bonds. The van der Waals surface area contributed by atoms with Gasteiger partial charge in [-0.15, -0.1) is 0 Å². The molecule has 0 aliphatic heterocycles. The fourth-order valence-corrected chi connectivity index (χ4v) is 2.77. The van der Waals surface area contributed by atoms with E-state index in [-0.39, 0.29) is 18.2 Å². The van der Waals surface area contributed by atoms with Crippen LogP contribution >= 0.6 is 0 Å². The zero-order valence-corrected chi connectivity index (χ0v) is 15.0. The number of anilines is 1. The van der Waals surface area contributed by atoms with Gasteiger partial charge in [0.15, 0.2) is 18.1 Å². The maximum absolute atomic E-state index is 12.2. The Bertz CT molecular complexity index is 1000. The van der Waals surface area contributed by atoms with E-state index in [1.165, 1.54) is 0 Å². The van der Waals surface area contributed by atoms with E-state index in [0.717, 1.165) is 11.0 Å². The molecule has 0 aliphatic rings. The van der Waals surface area contributed by atoms with E-state index in [4.69, 9.17) is 9.47 Å². The van der Waals surface area contributed by atoms with Gasteiger partial charge < -0.3 is 14.8 Å². The smallest absolute Gasteiger partial charge is 0.328 e. The van der Waals surface area contributed by atoms with Crippen LogP contribution in [0, 0.1) is 0 Å². The number of imidazole rings is 1. The molecule has 136 valence electrons. The van der Waals surface area contributed by atoms with E-state index in [1.54, 1.807) is 53.6 Å². The topological polar surface area (TPSA) is 74.5 Å². The fourth-order valence-electron chi connectivity index (χ4n) is 2.77. The van der Waals surface area contributed by atoms with E-state index in [0.29, 0.717) is 23.8 Å². The lowest BCUT2D eigenvalue weighted by atomic mass is 10.2. The van der Waals surface area contributed by atoms with Crippen LogP contribution in [-0.4, -0.2) is 28.3 Å². The highest BCUT2D eigenvalue weighted by Crippen LogP contribution is 2.26. The Morgan fingerprint density at radius 1 is 1.00 bits per heavy atom. The molecule has 3 aromatic rings. The van der Waals surface area contributed by atoms with Crippen LogP contribution in [0.2, 0.25) is 0 Å². The van der Waals surface area contributed by atoms with Crippen LogP contribution in [-0.2, 0) is 18.9 Å². The van der Waals surface area contributed by atoms with Crippen LogP contribution < -0.4 is 20.5 Å². The van der Waals surface area contributed by atoms with Gasteiger partial charge in [0.2, 0.25) is 0 Å². The van der Waals surface area contributed by atoms with Gasteiger partial charge in [0.25, 0.3) is 5.91 Å². The SMILES string of the molecule is CCOc1ccccc1OCC(=O)Nc1ccc2c(c1)n(C)c(=O)n2C. The minimum atomic E-state index is -0.295. The van der Waals surface area contributed by atoms with Crippen molar-refractivity contribution in [3.8, 4) is 11.5 Å². The number of amides is 1. The van der Waals surface area contributed by atoms with Gasteiger partial charge in [-0.05, 0) is 37.3 Å². The molecule has 0 spiro atoms. The number of aryl methyl sites for hydroxylation is 2. The van der Waals surface area contributed by atoms with Crippen LogP contribution in [0.4, 0.5) is 5.69 Å². The number of carbonyl (C=O) groups excluding carboxylic acids is 1. The second-order valence-corrected chi connectivity index (χ2v) is 5.82. The first-order chi connectivity index (χ1) is 12.5. The fraction of sp³-hybridized carbons (Fsp3) is 0.263. The van der Waals surface area contributed by atoms with Crippen molar-refractivity contribution in [2.45, 2.75) is 6.92 Å². The second kappa shape index (κ2) is 7.35. The first-order valence-electron chi connectivity index (χ1n) is 8.31. The molecule has 0 aliphatic carbocycles. The van der Waals surface area contributed by atoms with Crippen molar-refractivity contribution in [3.63, 3.8) is 0 Å². The summed E-state index contributed by atoms with van der Waals surface area (Å²) in [4.78, 5) is 24.2. The van der Waals surface area contributed by atoms with Gasteiger partial charge in [-0.3, -0.25) is 13.9 Å². The quantitative estimate of drug-likeness (QED) is 0.736. The summed E-state index contributed by atoms with van der Waals surface area (Å²) in [5, 5.41) is 2.78. The number of hydrogen-bond donors (Lipinski definition) is 1.